The van der Waals surface area contributed by atoms with Crippen LogP contribution in [0.1, 0.15) is 71.6 Å². The molecule has 0 saturated heterocycles. The SMILES string of the molecule is C=Cc1cccc(CC(C)C)c1CCC.CC.CC. The van der Waals surface area contributed by atoms with E-state index in [1.54, 1.807) is 0 Å². The van der Waals surface area contributed by atoms with Crippen molar-refractivity contribution in [2.75, 3.05) is 0 Å². The second-order valence-corrected chi connectivity index (χ2v) is 4.54. The lowest BCUT2D eigenvalue weighted by molar-refractivity contribution is 0.641. The van der Waals surface area contributed by atoms with Crippen LogP contribution in [0, 0.1) is 5.92 Å². The summed E-state index contributed by atoms with van der Waals surface area (Å²) in [6.07, 6.45) is 5.53. The fourth-order valence-corrected chi connectivity index (χ4v) is 2.03. The Balaban J connectivity index is 0. The first-order valence-corrected chi connectivity index (χ1v) is 7.92. The third kappa shape index (κ3) is 7.87. The Morgan fingerprint density at radius 2 is 1.68 bits per heavy atom. The molecule has 0 N–H and O–H groups in total. The first-order chi connectivity index (χ1) is 9.19. The summed E-state index contributed by atoms with van der Waals surface area (Å²) >= 11 is 0. The lowest BCUT2D eigenvalue weighted by atomic mass is 9.92. The third-order valence-electron chi connectivity index (χ3n) is 2.66. The second-order valence-electron chi connectivity index (χ2n) is 4.54. The van der Waals surface area contributed by atoms with E-state index in [-0.39, 0.29) is 0 Å². The van der Waals surface area contributed by atoms with Crippen molar-refractivity contribution in [2.45, 2.75) is 67.7 Å². The monoisotopic (exact) mass is 262 g/mol. The first-order valence-electron chi connectivity index (χ1n) is 7.92. The Morgan fingerprint density at radius 3 is 2.11 bits per heavy atom. The average molecular weight is 262 g/mol. The number of hydrogen-bond donors (Lipinski definition) is 0. The van der Waals surface area contributed by atoms with Crippen molar-refractivity contribution in [1.82, 2.24) is 0 Å². The van der Waals surface area contributed by atoms with Gasteiger partial charge in [0.05, 0.1) is 0 Å². The van der Waals surface area contributed by atoms with Gasteiger partial charge in [-0.25, -0.2) is 0 Å². The van der Waals surface area contributed by atoms with Crippen molar-refractivity contribution in [3.8, 4) is 0 Å². The summed E-state index contributed by atoms with van der Waals surface area (Å²) < 4.78 is 0. The number of hydrogen-bond acceptors (Lipinski definition) is 0. The molecule has 0 aliphatic carbocycles. The predicted molar refractivity (Wildman–Crippen MR) is 91.8 cm³/mol. The molecule has 0 atom stereocenters. The van der Waals surface area contributed by atoms with E-state index in [1.807, 2.05) is 33.8 Å². The van der Waals surface area contributed by atoms with Crippen LogP contribution in [-0.4, -0.2) is 0 Å². The highest BCUT2D eigenvalue weighted by atomic mass is 14.1. The van der Waals surface area contributed by atoms with Crippen molar-refractivity contribution < 1.29 is 0 Å². The van der Waals surface area contributed by atoms with E-state index in [2.05, 4.69) is 45.5 Å². The van der Waals surface area contributed by atoms with Gasteiger partial charge < -0.3 is 0 Å². The van der Waals surface area contributed by atoms with Crippen LogP contribution in [-0.2, 0) is 12.8 Å². The lowest BCUT2D eigenvalue weighted by Crippen LogP contribution is -2.01. The van der Waals surface area contributed by atoms with E-state index in [0.29, 0.717) is 0 Å². The Morgan fingerprint density at radius 1 is 1.11 bits per heavy atom. The fraction of sp³-hybridized carbons (Fsp3) is 0.579. The fourth-order valence-electron chi connectivity index (χ4n) is 2.03. The van der Waals surface area contributed by atoms with E-state index >= 15 is 0 Å². The molecule has 0 nitrogen and oxygen atoms in total. The summed E-state index contributed by atoms with van der Waals surface area (Å²) in [5.41, 5.74) is 4.32. The van der Waals surface area contributed by atoms with Gasteiger partial charge >= 0.3 is 0 Å². The molecule has 0 spiro atoms. The molecular formula is C19H34. The van der Waals surface area contributed by atoms with Crippen molar-refractivity contribution in [3.05, 3.63) is 41.5 Å². The average Bonchev–Trinajstić information content (AvgIpc) is 2.45. The third-order valence-corrected chi connectivity index (χ3v) is 2.66. The maximum Gasteiger partial charge on any atom is -0.0228 e. The van der Waals surface area contributed by atoms with Crippen LogP contribution in [0.15, 0.2) is 24.8 Å². The molecule has 0 aliphatic rings. The Hall–Kier alpha value is -1.04. The van der Waals surface area contributed by atoms with Crippen molar-refractivity contribution in [1.29, 1.82) is 0 Å². The normalized spacial score (nSPS) is 9.05. The topological polar surface area (TPSA) is 0 Å². The van der Waals surface area contributed by atoms with Gasteiger partial charge in [-0.05, 0) is 35.4 Å². The minimum absolute atomic E-state index is 0.723. The number of benzene rings is 1. The van der Waals surface area contributed by atoms with Crippen molar-refractivity contribution >= 4 is 6.08 Å². The van der Waals surface area contributed by atoms with E-state index in [9.17, 15) is 0 Å². The molecule has 0 heterocycles. The molecule has 1 aromatic rings. The molecule has 0 heteroatoms. The summed E-state index contributed by atoms with van der Waals surface area (Å²) in [5, 5.41) is 0. The van der Waals surface area contributed by atoms with E-state index < -0.39 is 0 Å². The summed E-state index contributed by atoms with van der Waals surface area (Å²) in [6, 6.07) is 6.58. The summed E-state index contributed by atoms with van der Waals surface area (Å²) in [4.78, 5) is 0. The highest BCUT2D eigenvalue weighted by Crippen LogP contribution is 2.20. The molecule has 0 fully saturated rings. The largest absolute Gasteiger partial charge is 0.0985 e. The highest BCUT2D eigenvalue weighted by Gasteiger charge is 2.06. The van der Waals surface area contributed by atoms with E-state index in [4.69, 9.17) is 0 Å². The Kier molecular flexibility index (Phi) is 14.3. The minimum Gasteiger partial charge on any atom is -0.0985 e. The van der Waals surface area contributed by atoms with Gasteiger partial charge in [-0.2, -0.15) is 0 Å². The summed E-state index contributed by atoms with van der Waals surface area (Å²) in [6.45, 7) is 18.7. The van der Waals surface area contributed by atoms with Gasteiger partial charge in [0.1, 0.15) is 0 Å². The van der Waals surface area contributed by atoms with Crippen LogP contribution in [0.2, 0.25) is 0 Å². The van der Waals surface area contributed by atoms with Gasteiger partial charge in [-0.15, -0.1) is 0 Å². The molecule has 0 aliphatic heterocycles. The zero-order chi connectivity index (χ0) is 15.3. The van der Waals surface area contributed by atoms with Gasteiger partial charge in [0.15, 0.2) is 0 Å². The molecule has 0 amide bonds. The Labute approximate surface area is 121 Å². The van der Waals surface area contributed by atoms with Gasteiger partial charge in [0.2, 0.25) is 0 Å². The van der Waals surface area contributed by atoms with Crippen LogP contribution in [0.3, 0.4) is 0 Å². The van der Waals surface area contributed by atoms with Crippen LogP contribution < -0.4 is 0 Å². The molecule has 1 rings (SSSR count). The van der Waals surface area contributed by atoms with Crippen LogP contribution >= 0.6 is 0 Å². The van der Waals surface area contributed by atoms with Crippen LogP contribution in [0.25, 0.3) is 6.08 Å². The summed E-state index contributed by atoms with van der Waals surface area (Å²) in [5.74, 6) is 0.723. The van der Waals surface area contributed by atoms with Gasteiger partial charge in [0.25, 0.3) is 0 Å². The zero-order valence-corrected chi connectivity index (χ0v) is 14.2. The minimum atomic E-state index is 0.723. The van der Waals surface area contributed by atoms with Gasteiger partial charge in [0, 0.05) is 0 Å². The predicted octanol–water partition coefficient (Wildman–Crippen LogP) is 6.53. The van der Waals surface area contributed by atoms with E-state index in [1.165, 1.54) is 36.0 Å². The molecule has 0 unspecified atom stereocenters. The second kappa shape index (κ2) is 13.4. The molecule has 0 bridgehead atoms. The van der Waals surface area contributed by atoms with Crippen LogP contribution in [0.5, 0.6) is 0 Å². The van der Waals surface area contributed by atoms with Gasteiger partial charge in [-0.3, -0.25) is 0 Å². The highest BCUT2D eigenvalue weighted by molar-refractivity contribution is 5.54. The maximum atomic E-state index is 3.89. The van der Waals surface area contributed by atoms with Crippen molar-refractivity contribution in [2.24, 2.45) is 5.92 Å². The summed E-state index contributed by atoms with van der Waals surface area (Å²) in [7, 11) is 0. The molecule has 19 heavy (non-hydrogen) atoms. The molecule has 0 radical (unpaired) electrons. The molecule has 0 saturated carbocycles. The number of rotatable bonds is 5. The molecule has 1 aromatic carbocycles. The van der Waals surface area contributed by atoms with E-state index in [0.717, 1.165) is 5.92 Å². The molecule has 0 aromatic heterocycles. The zero-order valence-electron chi connectivity index (χ0n) is 14.2. The Bertz CT molecular complexity index is 321. The smallest absolute Gasteiger partial charge is 0.0228 e. The standard InChI is InChI=1S/C15H22.2C2H6/c1-5-8-15-13(6-2)9-7-10-14(15)11-12(3)4;2*1-2/h6-7,9-10,12H,2,5,8,11H2,1,3-4H3;2*1-2H3. The molecular weight excluding hydrogens is 228 g/mol. The maximum absolute atomic E-state index is 3.89. The van der Waals surface area contributed by atoms with Crippen molar-refractivity contribution in [3.63, 3.8) is 0 Å². The quantitative estimate of drug-likeness (QED) is 0.565. The van der Waals surface area contributed by atoms with Crippen LogP contribution in [0.4, 0.5) is 0 Å². The molecule has 110 valence electrons. The lowest BCUT2D eigenvalue weighted by Gasteiger charge is -2.13. The first kappa shape index (κ1) is 20.3. The van der Waals surface area contributed by atoms with Gasteiger partial charge in [-0.1, -0.05) is 85.7 Å².